The molecule has 1 atom stereocenters. The Kier molecular flexibility index (Phi) is 5.82. The molecule has 0 aliphatic carbocycles. The summed E-state index contributed by atoms with van der Waals surface area (Å²) in [7, 11) is 0. The van der Waals surface area contributed by atoms with Crippen LogP contribution in [-0.4, -0.2) is 32.7 Å². The van der Waals surface area contributed by atoms with Gasteiger partial charge >= 0.3 is 0 Å². The van der Waals surface area contributed by atoms with Crippen molar-refractivity contribution in [2.75, 3.05) is 11.9 Å². The number of rotatable bonds is 6. The molecule has 5 nitrogen and oxygen atoms in total. The molecular weight excluding hydrogens is 434 g/mol. The van der Waals surface area contributed by atoms with E-state index in [1.807, 2.05) is 6.92 Å². The van der Waals surface area contributed by atoms with Crippen LogP contribution in [0.4, 0.5) is 14.6 Å². The van der Waals surface area contributed by atoms with E-state index in [0.717, 1.165) is 10.8 Å². The lowest BCUT2D eigenvalue weighted by Gasteiger charge is -2.12. The summed E-state index contributed by atoms with van der Waals surface area (Å²) in [5.41, 5.74) is 0.744. The summed E-state index contributed by atoms with van der Waals surface area (Å²) in [5, 5.41) is 12.7. The van der Waals surface area contributed by atoms with Gasteiger partial charge in [0.1, 0.15) is 4.70 Å². The number of benzene rings is 1. The Morgan fingerprint density at radius 1 is 1.32 bits per heavy atom. The van der Waals surface area contributed by atoms with Gasteiger partial charge in [-0.3, -0.25) is 0 Å². The number of anilines is 1. The lowest BCUT2D eigenvalue weighted by molar-refractivity contribution is 0.281. The van der Waals surface area contributed by atoms with Crippen LogP contribution in [0.2, 0.25) is 0 Å². The highest BCUT2D eigenvalue weighted by atomic mass is 79.9. The van der Waals surface area contributed by atoms with Gasteiger partial charge in [0.2, 0.25) is 0 Å². The first-order valence-corrected chi connectivity index (χ1v) is 9.84. The second-order valence-corrected chi connectivity index (χ2v) is 8.42. The minimum Gasteiger partial charge on any atom is -0.394 e. The predicted molar refractivity (Wildman–Crippen MR) is 99.0 cm³/mol. The maximum absolute atomic E-state index is 13.8. The van der Waals surface area contributed by atoms with Crippen molar-refractivity contribution in [3.8, 4) is 0 Å². The van der Waals surface area contributed by atoms with E-state index in [2.05, 4.69) is 36.2 Å². The fourth-order valence-corrected chi connectivity index (χ4v) is 4.17. The third-order valence-electron chi connectivity index (χ3n) is 3.25. The summed E-state index contributed by atoms with van der Waals surface area (Å²) >= 11 is 5.89. The molecule has 3 rings (SSSR count). The molecule has 0 saturated carbocycles. The van der Waals surface area contributed by atoms with Gasteiger partial charge in [-0.25, -0.2) is 23.7 Å². The monoisotopic (exact) mass is 446 g/mol. The molecule has 0 amide bonds. The van der Waals surface area contributed by atoms with Crippen LogP contribution in [0.15, 0.2) is 27.3 Å². The SMILES string of the molecule is C[C@H](CO)Nc1nc(SCc2cccc(F)c2F)nc2nc(Br)sc12. The minimum absolute atomic E-state index is 0.0531. The smallest absolute Gasteiger partial charge is 0.191 e. The second-order valence-electron chi connectivity index (χ2n) is 5.20. The average molecular weight is 447 g/mol. The molecule has 0 unspecified atom stereocenters. The van der Waals surface area contributed by atoms with E-state index >= 15 is 0 Å². The lowest BCUT2D eigenvalue weighted by Crippen LogP contribution is -2.20. The third kappa shape index (κ3) is 4.25. The fourth-order valence-electron chi connectivity index (χ4n) is 2.02. The number of fused-ring (bicyclic) bond motifs is 1. The van der Waals surface area contributed by atoms with Gasteiger partial charge in [-0.1, -0.05) is 23.9 Å². The fraction of sp³-hybridized carbons (Fsp3) is 0.267. The number of thioether (sulfide) groups is 1. The van der Waals surface area contributed by atoms with Gasteiger partial charge in [-0.2, -0.15) is 0 Å². The molecule has 0 aliphatic rings. The van der Waals surface area contributed by atoms with Gasteiger partial charge in [0.15, 0.2) is 32.2 Å². The molecule has 0 fully saturated rings. The predicted octanol–water partition coefficient (Wildman–Crippen LogP) is 4.21. The van der Waals surface area contributed by atoms with Crippen LogP contribution < -0.4 is 5.32 Å². The molecule has 3 aromatic rings. The van der Waals surface area contributed by atoms with Gasteiger partial charge in [0.05, 0.1) is 6.61 Å². The zero-order valence-electron chi connectivity index (χ0n) is 13.0. The summed E-state index contributed by atoms with van der Waals surface area (Å²) < 4.78 is 28.5. The molecule has 0 aliphatic heterocycles. The Morgan fingerprint density at radius 3 is 2.88 bits per heavy atom. The average Bonchev–Trinajstić information content (AvgIpc) is 2.96. The molecule has 2 N–H and O–H groups in total. The van der Waals surface area contributed by atoms with Crippen LogP contribution in [-0.2, 0) is 5.75 Å². The van der Waals surface area contributed by atoms with Gasteiger partial charge in [-0.05, 0) is 28.9 Å². The number of aliphatic hydroxyl groups is 1. The molecule has 0 radical (unpaired) electrons. The number of hydrogen-bond acceptors (Lipinski definition) is 7. The van der Waals surface area contributed by atoms with E-state index in [4.69, 9.17) is 0 Å². The summed E-state index contributed by atoms with van der Waals surface area (Å²) in [4.78, 5) is 13.1. The zero-order valence-corrected chi connectivity index (χ0v) is 16.2. The second kappa shape index (κ2) is 7.90. The van der Waals surface area contributed by atoms with E-state index < -0.39 is 11.6 Å². The topological polar surface area (TPSA) is 70.9 Å². The van der Waals surface area contributed by atoms with E-state index in [0.29, 0.717) is 20.5 Å². The highest BCUT2D eigenvalue weighted by Gasteiger charge is 2.15. The molecule has 10 heteroatoms. The van der Waals surface area contributed by atoms with Crippen molar-refractivity contribution in [2.45, 2.75) is 23.9 Å². The van der Waals surface area contributed by atoms with E-state index in [1.165, 1.54) is 35.2 Å². The van der Waals surface area contributed by atoms with Gasteiger partial charge in [0.25, 0.3) is 0 Å². The maximum Gasteiger partial charge on any atom is 0.191 e. The lowest BCUT2D eigenvalue weighted by atomic mass is 10.2. The molecule has 0 bridgehead atoms. The van der Waals surface area contributed by atoms with Crippen molar-refractivity contribution in [1.29, 1.82) is 0 Å². The maximum atomic E-state index is 13.8. The molecule has 2 heterocycles. The third-order valence-corrected chi connectivity index (χ3v) is 5.65. The van der Waals surface area contributed by atoms with E-state index in [9.17, 15) is 13.9 Å². The Morgan fingerprint density at radius 2 is 2.12 bits per heavy atom. The number of nitrogens with zero attached hydrogens (tertiary/aromatic N) is 3. The van der Waals surface area contributed by atoms with Crippen LogP contribution in [0.5, 0.6) is 0 Å². The standard InChI is InChI=1S/C15H13BrF2N4OS2/c1-7(5-23)19-12-11-13(20-14(16)25-11)22-15(21-12)24-6-8-3-2-4-9(17)10(8)18/h2-4,7,23H,5-6H2,1H3,(H,19,21,22)/t7-/m1/s1. The van der Waals surface area contributed by atoms with E-state index in [1.54, 1.807) is 0 Å². The number of nitrogens with one attached hydrogen (secondary N) is 1. The summed E-state index contributed by atoms with van der Waals surface area (Å²) in [6, 6.07) is 3.87. The molecule has 0 spiro atoms. The van der Waals surface area contributed by atoms with Crippen molar-refractivity contribution < 1.29 is 13.9 Å². The Bertz CT molecular complexity index is 909. The highest BCUT2D eigenvalue weighted by Crippen LogP contribution is 2.33. The van der Waals surface area contributed by atoms with Crippen LogP contribution in [0.1, 0.15) is 12.5 Å². The van der Waals surface area contributed by atoms with E-state index in [-0.39, 0.29) is 24.0 Å². The van der Waals surface area contributed by atoms with Crippen molar-refractivity contribution in [3.05, 3.63) is 39.3 Å². The summed E-state index contributed by atoms with van der Waals surface area (Å²) in [6.45, 7) is 1.77. The van der Waals surface area contributed by atoms with Crippen LogP contribution in [0, 0.1) is 11.6 Å². The Balaban J connectivity index is 1.89. The number of aromatic nitrogens is 3. The molecule has 1 aromatic carbocycles. The molecule has 132 valence electrons. The van der Waals surface area contributed by atoms with Crippen molar-refractivity contribution in [2.24, 2.45) is 0 Å². The first-order chi connectivity index (χ1) is 12.0. The first kappa shape index (κ1) is 18.4. The molecule has 25 heavy (non-hydrogen) atoms. The normalized spacial score (nSPS) is 12.5. The van der Waals surface area contributed by atoms with Crippen molar-refractivity contribution in [3.63, 3.8) is 0 Å². The highest BCUT2D eigenvalue weighted by molar-refractivity contribution is 9.11. The molecule has 2 aromatic heterocycles. The number of hydrogen-bond donors (Lipinski definition) is 2. The number of thiazole rings is 1. The van der Waals surface area contributed by atoms with Crippen molar-refractivity contribution >= 4 is 55.2 Å². The minimum atomic E-state index is -0.878. The zero-order chi connectivity index (χ0) is 18.0. The van der Waals surface area contributed by atoms with Gasteiger partial charge in [-0.15, -0.1) is 11.3 Å². The Labute approximate surface area is 159 Å². The number of aliphatic hydroxyl groups excluding tert-OH is 1. The van der Waals surface area contributed by atoms with Crippen LogP contribution in [0.25, 0.3) is 10.3 Å². The van der Waals surface area contributed by atoms with Crippen LogP contribution >= 0.6 is 39.0 Å². The van der Waals surface area contributed by atoms with Gasteiger partial charge in [0, 0.05) is 17.4 Å². The Hall–Kier alpha value is -1.36. The molecule has 0 saturated heterocycles. The quantitative estimate of drug-likeness (QED) is 0.436. The largest absolute Gasteiger partial charge is 0.394 e. The summed E-state index contributed by atoms with van der Waals surface area (Å²) in [5.74, 6) is -0.996. The van der Waals surface area contributed by atoms with Gasteiger partial charge < -0.3 is 10.4 Å². The number of halogens is 3. The van der Waals surface area contributed by atoms with Crippen molar-refractivity contribution in [1.82, 2.24) is 15.0 Å². The molecular formula is C15H13BrF2N4OS2. The van der Waals surface area contributed by atoms with Crippen LogP contribution in [0.3, 0.4) is 0 Å². The summed E-state index contributed by atoms with van der Waals surface area (Å²) in [6.07, 6.45) is 0. The first-order valence-electron chi connectivity index (χ1n) is 7.25.